The summed E-state index contributed by atoms with van der Waals surface area (Å²) in [7, 11) is -3.27. The molecular formula is C17H24N4O2S. The molecule has 1 aromatic carbocycles. The average Bonchev–Trinajstić information content (AvgIpc) is 3.13. The summed E-state index contributed by atoms with van der Waals surface area (Å²) in [6.07, 6.45) is 4.65. The third-order valence-corrected chi connectivity index (χ3v) is 6.21. The number of imidazole rings is 1. The number of hydrogen-bond donors (Lipinski definition) is 1. The summed E-state index contributed by atoms with van der Waals surface area (Å²) in [5.74, 6) is 0.986. The topological polar surface area (TPSA) is 67.2 Å². The van der Waals surface area contributed by atoms with Crippen molar-refractivity contribution in [3.8, 4) is 0 Å². The maximum atomic E-state index is 12.3. The molecule has 6 nitrogen and oxygen atoms in total. The van der Waals surface area contributed by atoms with Crippen LogP contribution in [-0.2, 0) is 16.6 Å². The maximum Gasteiger partial charge on any atom is 0.213 e. The molecule has 2 aromatic rings. The van der Waals surface area contributed by atoms with Crippen LogP contribution in [0.2, 0.25) is 0 Å². The van der Waals surface area contributed by atoms with E-state index < -0.39 is 10.0 Å². The number of benzene rings is 1. The van der Waals surface area contributed by atoms with E-state index in [-0.39, 0.29) is 12.3 Å². The Kier molecular flexibility index (Phi) is 4.32. The summed E-state index contributed by atoms with van der Waals surface area (Å²) in [6.45, 7) is 2.93. The third-order valence-electron chi connectivity index (χ3n) is 4.91. The number of nitrogens with zero attached hydrogens (tertiary/aromatic N) is 3. The molecule has 4 rings (SSSR count). The predicted molar refractivity (Wildman–Crippen MR) is 94.3 cm³/mol. The van der Waals surface area contributed by atoms with Crippen molar-refractivity contribution in [2.75, 3.05) is 25.4 Å². The van der Waals surface area contributed by atoms with Crippen molar-refractivity contribution >= 4 is 21.1 Å². The van der Waals surface area contributed by atoms with E-state index in [0.29, 0.717) is 12.6 Å². The van der Waals surface area contributed by atoms with E-state index in [9.17, 15) is 8.42 Å². The van der Waals surface area contributed by atoms with Crippen LogP contribution in [0.25, 0.3) is 11.0 Å². The molecule has 0 spiro atoms. The Morgan fingerprint density at radius 3 is 2.67 bits per heavy atom. The van der Waals surface area contributed by atoms with Crippen LogP contribution in [0.1, 0.15) is 37.5 Å². The van der Waals surface area contributed by atoms with Crippen LogP contribution in [0.4, 0.5) is 0 Å². The van der Waals surface area contributed by atoms with Gasteiger partial charge in [-0.15, -0.1) is 0 Å². The zero-order valence-electron chi connectivity index (χ0n) is 13.8. The number of fused-ring (bicyclic) bond motifs is 1. The average molecular weight is 348 g/mol. The molecule has 2 fully saturated rings. The first kappa shape index (κ1) is 16.1. The van der Waals surface area contributed by atoms with E-state index in [0.717, 1.165) is 42.8 Å². The number of sulfonamides is 1. The van der Waals surface area contributed by atoms with Crippen molar-refractivity contribution in [2.24, 2.45) is 0 Å². The molecule has 130 valence electrons. The Morgan fingerprint density at radius 1 is 1.17 bits per heavy atom. The number of hydrogen-bond acceptors (Lipinski definition) is 4. The highest BCUT2D eigenvalue weighted by Gasteiger charge is 2.28. The summed E-state index contributed by atoms with van der Waals surface area (Å²) < 4.78 is 29.5. The van der Waals surface area contributed by atoms with Crippen LogP contribution >= 0.6 is 0 Å². The Labute approximate surface area is 142 Å². The predicted octanol–water partition coefficient (Wildman–Crippen LogP) is 1.89. The van der Waals surface area contributed by atoms with Gasteiger partial charge in [-0.2, -0.15) is 0 Å². The molecule has 2 heterocycles. The first-order chi connectivity index (χ1) is 11.6. The van der Waals surface area contributed by atoms with E-state index in [1.54, 1.807) is 0 Å². The lowest BCUT2D eigenvalue weighted by atomic mass is 10.3. The van der Waals surface area contributed by atoms with E-state index in [4.69, 9.17) is 0 Å². The molecule has 24 heavy (non-hydrogen) atoms. The SMILES string of the molecule is O=S(=O)(CCN1CCCC1)NCc1nc2ccccc2n1C1CC1. The number of nitrogens with one attached hydrogen (secondary N) is 1. The molecule has 0 atom stereocenters. The Morgan fingerprint density at radius 2 is 1.92 bits per heavy atom. The number of aromatic nitrogens is 2. The molecule has 2 aliphatic rings. The first-order valence-electron chi connectivity index (χ1n) is 8.78. The molecule has 1 N–H and O–H groups in total. The number of likely N-dealkylation sites (tertiary alicyclic amines) is 1. The summed E-state index contributed by atoms with van der Waals surface area (Å²) in [5.41, 5.74) is 2.04. The van der Waals surface area contributed by atoms with E-state index in [1.807, 2.05) is 18.2 Å². The van der Waals surface area contributed by atoms with Gasteiger partial charge < -0.3 is 9.47 Å². The minimum atomic E-state index is -3.27. The zero-order chi connectivity index (χ0) is 16.6. The fraction of sp³-hybridized carbons (Fsp3) is 0.588. The smallest absolute Gasteiger partial charge is 0.213 e. The van der Waals surface area contributed by atoms with Gasteiger partial charge in [-0.05, 0) is 50.9 Å². The van der Waals surface area contributed by atoms with Crippen LogP contribution in [-0.4, -0.2) is 48.3 Å². The summed E-state index contributed by atoms with van der Waals surface area (Å²) in [5, 5.41) is 0. The van der Waals surface area contributed by atoms with Gasteiger partial charge in [0.2, 0.25) is 10.0 Å². The van der Waals surface area contributed by atoms with Gasteiger partial charge in [0.05, 0.1) is 23.3 Å². The van der Waals surface area contributed by atoms with Crippen molar-refractivity contribution in [3.05, 3.63) is 30.1 Å². The van der Waals surface area contributed by atoms with Crippen LogP contribution in [0.15, 0.2) is 24.3 Å². The lowest BCUT2D eigenvalue weighted by Gasteiger charge is -2.15. The zero-order valence-corrected chi connectivity index (χ0v) is 14.6. The number of rotatable bonds is 7. The Bertz CT molecular complexity index is 820. The Hall–Kier alpha value is -1.44. The summed E-state index contributed by atoms with van der Waals surface area (Å²) in [4.78, 5) is 6.86. The third kappa shape index (κ3) is 3.48. The van der Waals surface area contributed by atoms with Crippen molar-refractivity contribution in [1.82, 2.24) is 19.2 Å². The maximum absolute atomic E-state index is 12.3. The van der Waals surface area contributed by atoms with Gasteiger partial charge in [0, 0.05) is 12.6 Å². The quantitative estimate of drug-likeness (QED) is 0.830. The van der Waals surface area contributed by atoms with Gasteiger partial charge in [-0.1, -0.05) is 12.1 Å². The van der Waals surface area contributed by atoms with Crippen molar-refractivity contribution in [1.29, 1.82) is 0 Å². The highest BCUT2D eigenvalue weighted by atomic mass is 32.2. The summed E-state index contributed by atoms with van der Waals surface area (Å²) in [6, 6.07) is 8.50. The van der Waals surface area contributed by atoms with Gasteiger partial charge in [-0.25, -0.2) is 18.1 Å². The summed E-state index contributed by atoms with van der Waals surface area (Å²) >= 11 is 0. The van der Waals surface area contributed by atoms with Gasteiger partial charge in [0.15, 0.2) is 0 Å². The van der Waals surface area contributed by atoms with Gasteiger partial charge in [0.1, 0.15) is 5.82 Å². The molecule has 0 amide bonds. The van der Waals surface area contributed by atoms with Crippen molar-refractivity contribution in [2.45, 2.75) is 38.3 Å². The molecule has 1 aromatic heterocycles. The minimum absolute atomic E-state index is 0.163. The van der Waals surface area contributed by atoms with Crippen LogP contribution < -0.4 is 4.72 Å². The molecule has 1 aliphatic carbocycles. The van der Waals surface area contributed by atoms with Crippen LogP contribution in [0.3, 0.4) is 0 Å². The highest BCUT2D eigenvalue weighted by Crippen LogP contribution is 2.38. The Balaban J connectivity index is 1.45. The molecule has 1 saturated heterocycles. The largest absolute Gasteiger partial charge is 0.324 e. The van der Waals surface area contributed by atoms with Gasteiger partial charge in [0.25, 0.3) is 0 Å². The molecule has 7 heteroatoms. The molecule has 0 bridgehead atoms. The van der Waals surface area contributed by atoms with Crippen molar-refractivity contribution < 1.29 is 8.42 Å². The molecule has 1 aliphatic heterocycles. The highest BCUT2D eigenvalue weighted by molar-refractivity contribution is 7.89. The molecule has 0 unspecified atom stereocenters. The van der Waals surface area contributed by atoms with Crippen LogP contribution in [0, 0.1) is 0 Å². The first-order valence-corrected chi connectivity index (χ1v) is 10.4. The van der Waals surface area contributed by atoms with Gasteiger partial charge >= 0.3 is 0 Å². The fourth-order valence-corrected chi connectivity index (χ4v) is 4.45. The second-order valence-electron chi connectivity index (χ2n) is 6.81. The van der Waals surface area contributed by atoms with E-state index in [1.165, 1.54) is 12.8 Å². The van der Waals surface area contributed by atoms with E-state index >= 15 is 0 Å². The molecule has 1 saturated carbocycles. The second-order valence-corrected chi connectivity index (χ2v) is 8.73. The van der Waals surface area contributed by atoms with Crippen molar-refractivity contribution in [3.63, 3.8) is 0 Å². The minimum Gasteiger partial charge on any atom is -0.324 e. The monoisotopic (exact) mass is 348 g/mol. The molecular weight excluding hydrogens is 324 g/mol. The number of para-hydroxylation sites is 2. The normalized spacial score (nSPS) is 19.3. The second kappa shape index (κ2) is 6.46. The standard InChI is InChI=1S/C17H24N4O2S/c22-24(23,12-11-20-9-3-4-10-20)18-13-17-19-15-5-1-2-6-16(15)21(17)14-7-8-14/h1-2,5-6,14,18H,3-4,7-13H2. The van der Waals surface area contributed by atoms with Crippen LogP contribution in [0.5, 0.6) is 0 Å². The lowest BCUT2D eigenvalue weighted by molar-refractivity contribution is 0.358. The lowest BCUT2D eigenvalue weighted by Crippen LogP contribution is -2.33. The fourth-order valence-electron chi connectivity index (χ4n) is 3.46. The van der Waals surface area contributed by atoms with Gasteiger partial charge in [-0.3, -0.25) is 0 Å². The van der Waals surface area contributed by atoms with E-state index in [2.05, 4.69) is 25.2 Å². The molecule has 0 radical (unpaired) electrons.